The van der Waals surface area contributed by atoms with Gasteiger partial charge < -0.3 is 15.3 Å². The Morgan fingerprint density at radius 1 is 1.11 bits per heavy atom. The maximum absolute atomic E-state index is 13.0. The highest BCUT2D eigenvalue weighted by Gasteiger charge is 2.29. The number of piperidine rings is 1. The van der Waals surface area contributed by atoms with Crippen molar-refractivity contribution in [1.82, 2.24) is 19.9 Å². The summed E-state index contributed by atoms with van der Waals surface area (Å²) in [7, 11) is 0. The standard InChI is InChI=1S/C26H29ClN6O3/c1-26(2,3)33(25(35)36)20-8-6-17(7-9-20)23(34)32-13-10-19(11-14-32)30-24-29-16-21(27)22(31-24)18-5-4-12-28-15-18/h4-9,12,15-16,19H,10-11,13-14H2,1-3H3,(H,35,36)(H,29,30,31). The van der Waals surface area contributed by atoms with Gasteiger partial charge in [0.05, 0.1) is 16.9 Å². The number of pyridine rings is 1. The predicted molar refractivity (Wildman–Crippen MR) is 140 cm³/mol. The van der Waals surface area contributed by atoms with Gasteiger partial charge in [-0.1, -0.05) is 11.6 Å². The number of nitrogens with one attached hydrogen (secondary N) is 1. The van der Waals surface area contributed by atoms with Gasteiger partial charge in [0, 0.05) is 53.9 Å². The largest absolute Gasteiger partial charge is 0.465 e. The second-order valence-electron chi connectivity index (χ2n) is 9.68. The molecule has 188 valence electrons. The van der Waals surface area contributed by atoms with Crippen LogP contribution in [0.4, 0.5) is 16.4 Å². The lowest BCUT2D eigenvalue weighted by Crippen LogP contribution is -2.45. The van der Waals surface area contributed by atoms with Crippen LogP contribution in [0.15, 0.2) is 55.0 Å². The van der Waals surface area contributed by atoms with Gasteiger partial charge in [0.1, 0.15) is 0 Å². The molecule has 1 fully saturated rings. The van der Waals surface area contributed by atoms with Crippen molar-refractivity contribution in [2.24, 2.45) is 0 Å². The fourth-order valence-electron chi connectivity index (χ4n) is 4.27. The zero-order valence-corrected chi connectivity index (χ0v) is 21.2. The Labute approximate surface area is 215 Å². The minimum atomic E-state index is -1.03. The predicted octanol–water partition coefficient (Wildman–Crippen LogP) is 5.19. The van der Waals surface area contributed by atoms with Crippen molar-refractivity contribution in [2.45, 2.75) is 45.2 Å². The highest BCUT2D eigenvalue weighted by molar-refractivity contribution is 6.32. The molecule has 1 saturated heterocycles. The molecule has 3 heterocycles. The smallest absolute Gasteiger partial charge is 0.412 e. The van der Waals surface area contributed by atoms with Crippen LogP contribution in [0.1, 0.15) is 44.0 Å². The van der Waals surface area contributed by atoms with Gasteiger partial charge in [0.25, 0.3) is 5.91 Å². The second-order valence-corrected chi connectivity index (χ2v) is 10.1. The van der Waals surface area contributed by atoms with Gasteiger partial charge in [-0.25, -0.2) is 14.8 Å². The number of halogens is 1. The van der Waals surface area contributed by atoms with Gasteiger partial charge in [-0.15, -0.1) is 0 Å². The first kappa shape index (κ1) is 25.4. The van der Waals surface area contributed by atoms with Crippen LogP contribution < -0.4 is 10.2 Å². The van der Waals surface area contributed by atoms with Crippen molar-refractivity contribution in [3.63, 3.8) is 0 Å². The molecule has 0 unspecified atom stereocenters. The van der Waals surface area contributed by atoms with Gasteiger partial charge in [-0.3, -0.25) is 14.7 Å². The van der Waals surface area contributed by atoms with E-state index in [-0.39, 0.29) is 11.9 Å². The highest BCUT2D eigenvalue weighted by atomic mass is 35.5. The number of anilines is 2. The third kappa shape index (κ3) is 5.73. The molecule has 9 nitrogen and oxygen atoms in total. The molecule has 2 amide bonds. The summed E-state index contributed by atoms with van der Waals surface area (Å²) in [5.74, 6) is 0.416. The molecular weight excluding hydrogens is 480 g/mol. The van der Waals surface area contributed by atoms with Crippen LogP contribution in [-0.2, 0) is 0 Å². The number of hydrogen-bond donors (Lipinski definition) is 2. The van der Waals surface area contributed by atoms with E-state index in [1.54, 1.807) is 42.9 Å². The third-order valence-corrected chi connectivity index (χ3v) is 6.31. The topological polar surface area (TPSA) is 112 Å². The minimum Gasteiger partial charge on any atom is -0.465 e. The number of likely N-dealkylation sites (tertiary alicyclic amines) is 1. The third-order valence-electron chi connectivity index (χ3n) is 6.03. The van der Waals surface area contributed by atoms with Gasteiger partial charge >= 0.3 is 6.09 Å². The molecule has 2 aromatic heterocycles. The van der Waals surface area contributed by atoms with E-state index in [0.29, 0.717) is 41.0 Å². The van der Waals surface area contributed by atoms with Crippen LogP contribution in [0.2, 0.25) is 5.02 Å². The molecule has 10 heteroatoms. The maximum atomic E-state index is 13.0. The molecule has 1 aliphatic rings. The molecule has 0 radical (unpaired) electrons. The fraction of sp³-hybridized carbons (Fsp3) is 0.346. The summed E-state index contributed by atoms with van der Waals surface area (Å²) in [5.41, 5.74) is 1.90. The summed E-state index contributed by atoms with van der Waals surface area (Å²) in [6.45, 7) is 6.66. The summed E-state index contributed by atoms with van der Waals surface area (Å²) in [6.07, 6.45) is 5.43. The Bertz CT molecular complexity index is 1220. The van der Waals surface area contributed by atoms with Crippen LogP contribution >= 0.6 is 11.6 Å². The summed E-state index contributed by atoms with van der Waals surface area (Å²) in [6, 6.07) is 10.6. The number of benzene rings is 1. The molecule has 3 aromatic rings. The van der Waals surface area contributed by atoms with E-state index in [2.05, 4.69) is 20.3 Å². The van der Waals surface area contributed by atoms with Crippen molar-refractivity contribution in [1.29, 1.82) is 0 Å². The normalized spacial score (nSPS) is 14.4. The van der Waals surface area contributed by atoms with Crippen molar-refractivity contribution >= 4 is 35.2 Å². The van der Waals surface area contributed by atoms with Crippen LogP contribution in [0.5, 0.6) is 0 Å². The molecule has 0 aliphatic carbocycles. The van der Waals surface area contributed by atoms with Crippen molar-refractivity contribution in [3.8, 4) is 11.3 Å². The molecule has 2 N–H and O–H groups in total. The minimum absolute atomic E-state index is 0.0701. The number of rotatable bonds is 5. The molecule has 1 aliphatic heterocycles. The summed E-state index contributed by atoms with van der Waals surface area (Å²) in [5, 5.41) is 13.4. The highest BCUT2D eigenvalue weighted by Crippen LogP contribution is 2.27. The molecule has 0 atom stereocenters. The lowest BCUT2D eigenvalue weighted by molar-refractivity contribution is 0.0718. The van der Waals surface area contributed by atoms with E-state index in [9.17, 15) is 14.7 Å². The SMILES string of the molecule is CC(C)(C)N(C(=O)O)c1ccc(C(=O)N2CCC(Nc3ncc(Cl)c(-c4cccnc4)n3)CC2)cc1. The summed E-state index contributed by atoms with van der Waals surface area (Å²) in [4.78, 5) is 40.9. The number of hydrogen-bond acceptors (Lipinski definition) is 6. The molecule has 0 spiro atoms. The maximum Gasteiger partial charge on any atom is 0.412 e. The Balaban J connectivity index is 1.37. The number of carboxylic acid groups (broad SMARTS) is 1. The quantitative estimate of drug-likeness (QED) is 0.487. The molecule has 36 heavy (non-hydrogen) atoms. The van der Waals surface area contributed by atoms with E-state index in [4.69, 9.17) is 11.6 Å². The van der Waals surface area contributed by atoms with Gasteiger partial charge in [-0.05, 0) is 70.0 Å². The number of carbonyl (C=O) groups is 2. The average molecular weight is 509 g/mol. The Hall–Kier alpha value is -3.72. The second kappa shape index (κ2) is 10.5. The molecule has 0 saturated carbocycles. The van der Waals surface area contributed by atoms with Crippen molar-refractivity contribution in [2.75, 3.05) is 23.3 Å². The van der Waals surface area contributed by atoms with Crippen LogP contribution in [-0.4, -0.2) is 61.6 Å². The van der Waals surface area contributed by atoms with E-state index in [1.807, 2.05) is 37.8 Å². The number of nitrogens with zero attached hydrogens (tertiary/aromatic N) is 5. The van der Waals surface area contributed by atoms with Crippen molar-refractivity contribution < 1.29 is 14.7 Å². The van der Waals surface area contributed by atoms with E-state index < -0.39 is 11.6 Å². The lowest BCUT2D eigenvalue weighted by Gasteiger charge is -2.34. The number of aromatic nitrogens is 3. The summed E-state index contributed by atoms with van der Waals surface area (Å²) < 4.78 is 0. The van der Waals surface area contributed by atoms with E-state index in [1.165, 1.54) is 4.90 Å². The van der Waals surface area contributed by atoms with Gasteiger partial charge in [-0.2, -0.15) is 0 Å². The lowest BCUT2D eigenvalue weighted by atomic mass is 10.0. The van der Waals surface area contributed by atoms with Gasteiger partial charge in [0.15, 0.2) is 0 Å². The Kier molecular flexibility index (Phi) is 7.40. The Morgan fingerprint density at radius 3 is 2.39 bits per heavy atom. The molecule has 1 aromatic carbocycles. The number of carbonyl (C=O) groups excluding carboxylic acids is 1. The monoisotopic (exact) mass is 508 g/mol. The first-order valence-corrected chi connectivity index (χ1v) is 12.1. The van der Waals surface area contributed by atoms with Crippen LogP contribution in [0, 0.1) is 0 Å². The molecule has 4 rings (SSSR count). The zero-order chi connectivity index (χ0) is 25.9. The van der Waals surface area contributed by atoms with Crippen LogP contribution in [0.25, 0.3) is 11.3 Å². The average Bonchev–Trinajstić information content (AvgIpc) is 2.85. The first-order chi connectivity index (χ1) is 17.1. The molecular formula is C26H29ClN6O3. The zero-order valence-electron chi connectivity index (χ0n) is 20.5. The molecule has 0 bridgehead atoms. The number of amides is 2. The van der Waals surface area contributed by atoms with Crippen molar-refractivity contribution in [3.05, 3.63) is 65.6 Å². The van der Waals surface area contributed by atoms with E-state index in [0.717, 1.165) is 18.4 Å². The van der Waals surface area contributed by atoms with Crippen LogP contribution in [0.3, 0.4) is 0 Å². The fourth-order valence-corrected chi connectivity index (χ4v) is 4.47. The Morgan fingerprint density at radius 2 is 1.81 bits per heavy atom. The summed E-state index contributed by atoms with van der Waals surface area (Å²) >= 11 is 6.29. The van der Waals surface area contributed by atoms with E-state index >= 15 is 0 Å². The van der Waals surface area contributed by atoms with Gasteiger partial charge in [0.2, 0.25) is 5.95 Å². The first-order valence-electron chi connectivity index (χ1n) is 11.8.